The molecule has 4 heteroatoms. The monoisotopic (exact) mass is 232 g/mol. The molecule has 2 heterocycles. The van der Waals surface area contributed by atoms with Crippen molar-refractivity contribution in [3.8, 4) is 0 Å². The van der Waals surface area contributed by atoms with Gasteiger partial charge >= 0.3 is 0 Å². The summed E-state index contributed by atoms with van der Waals surface area (Å²) in [4.78, 5) is 2.52. The van der Waals surface area contributed by atoms with E-state index in [0.717, 1.165) is 17.9 Å². The van der Waals surface area contributed by atoms with Crippen LogP contribution in [0, 0.1) is 5.92 Å². The second-order valence-electron chi connectivity index (χ2n) is 5.93. The lowest BCUT2D eigenvalue weighted by Gasteiger charge is -2.24. The molecule has 1 aromatic heterocycles. The molecule has 0 radical (unpaired) electrons. The van der Waals surface area contributed by atoms with Gasteiger partial charge in [-0.25, -0.2) is 0 Å². The van der Waals surface area contributed by atoms with Crippen LogP contribution in [0.4, 0.5) is 5.95 Å². The van der Waals surface area contributed by atoms with E-state index in [-0.39, 0.29) is 0 Å². The molecule has 4 rings (SSSR count). The maximum absolute atomic E-state index is 4.46. The van der Waals surface area contributed by atoms with Gasteiger partial charge in [-0.1, -0.05) is 6.42 Å². The molecule has 0 amide bonds. The molecular weight excluding hydrogens is 212 g/mol. The van der Waals surface area contributed by atoms with Crippen molar-refractivity contribution in [2.45, 2.75) is 50.5 Å². The van der Waals surface area contributed by atoms with E-state index < -0.39 is 0 Å². The predicted octanol–water partition coefficient (Wildman–Crippen LogP) is 2.07. The van der Waals surface area contributed by atoms with Crippen LogP contribution in [0.2, 0.25) is 0 Å². The molecule has 92 valence electrons. The molecule has 17 heavy (non-hydrogen) atoms. The van der Waals surface area contributed by atoms with Crippen molar-refractivity contribution in [3.63, 3.8) is 0 Å². The van der Waals surface area contributed by atoms with Gasteiger partial charge in [0.1, 0.15) is 5.82 Å². The molecule has 1 aromatic rings. The molecular formula is C13H20N4. The number of fused-ring (bicyclic) bond motifs is 1. The fourth-order valence-corrected chi connectivity index (χ4v) is 3.76. The molecule has 2 unspecified atom stereocenters. The first-order chi connectivity index (χ1) is 8.34. The van der Waals surface area contributed by atoms with Gasteiger partial charge in [0.2, 0.25) is 5.95 Å². The van der Waals surface area contributed by atoms with Crippen LogP contribution < -0.4 is 4.90 Å². The first-order valence-electron chi connectivity index (χ1n) is 7.00. The van der Waals surface area contributed by atoms with Crippen molar-refractivity contribution < 1.29 is 0 Å². The normalized spacial score (nSPS) is 32.2. The number of nitrogens with zero attached hydrogens (tertiary/aromatic N) is 4. The van der Waals surface area contributed by atoms with E-state index in [4.69, 9.17) is 0 Å². The number of hydrogen-bond acceptors (Lipinski definition) is 3. The summed E-state index contributed by atoms with van der Waals surface area (Å²) in [5, 5.41) is 8.87. The Labute approximate surface area is 102 Å². The second-order valence-corrected chi connectivity index (χ2v) is 5.93. The van der Waals surface area contributed by atoms with E-state index in [1.807, 2.05) is 0 Å². The van der Waals surface area contributed by atoms with E-state index >= 15 is 0 Å². The summed E-state index contributed by atoms with van der Waals surface area (Å²) in [6.45, 7) is 1.19. The number of rotatable bonds is 2. The van der Waals surface area contributed by atoms with Gasteiger partial charge in [-0.3, -0.25) is 0 Å². The predicted molar refractivity (Wildman–Crippen MR) is 66.1 cm³/mol. The van der Waals surface area contributed by atoms with Gasteiger partial charge in [0.05, 0.1) is 0 Å². The van der Waals surface area contributed by atoms with Crippen LogP contribution in [0.5, 0.6) is 0 Å². The summed E-state index contributed by atoms with van der Waals surface area (Å²) in [6.07, 6.45) is 8.15. The molecule has 1 saturated heterocycles. The minimum absolute atomic E-state index is 0.697. The van der Waals surface area contributed by atoms with Crippen LogP contribution in [0.15, 0.2) is 0 Å². The maximum Gasteiger partial charge on any atom is 0.227 e. The average Bonchev–Trinajstić information content (AvgIpc) is 2.76. The topological polar surface area (TPSA) is 34.0 Å². The Hall–Kier alpha value is -1.06. The minimum atomic E-state index is 0.697. The standard InChI is InChI=1S/C13H20N4/c1-16-12(10-5-6-10)14-15-13(16)17-8-7-9-3-2-4-11(9)17/h9-11H,2-8H2,1H3. The molecule has 0 spiro atoms. The Balaban J connectivity index is 1.65. The number of aromatic nitrogens is 3. The van der Waals surface area contributed by atoms with Gasteiger partial charge in [-0.15, -0.1) is 10.2 Å². The first-order valence-corrected chi connectivity index (χ1v) is 7.00. The van der Waals surface area contributed by atoms with E-state index in [1.165, 1.54) is 50.9 Å². The second kappa shape index (κ2) is 3.47. The molecule has 1 aliphatic heterocycles. The molecule has 3 aliphatic rings. The van der Waals surface area contributed by atoms with Gasteiger partial charge in [-0.05, 0) is 38.0 Å². The van der Waals surface area contributed by atoms with E-state index in [1.54, 1.807) is 0 Å². The summed E-state index contributed by atoms with van der Waals surface area (Å²) in [5.74, 6) is 3.96. The van der Waals surface area contributed by atoms with Crippen molar-refractivity contribution >= 4 is 5.95 Å². The van der Waals surface area contributed by atoms with Crippen LogP contribution in [0.25, 0.3) is 0 Å². The minimum Gasteiger partial charge on any atom is -0.338 e. The molecule has 2 aliphatic carbocycles. The number of anilines is 1. The summed E-state index contributed by atoms with van der Waals surface area (Å²) >= 11 is 0. The largest absolute Gasteiger partial charge is 0.338 e. The van der Waals surface area contributed by atoms with Gasteiger partial charge in [0, 0.05) is 25.6 Å². The van der Waals surface area contributed by atoms with Gasteiger partial charge < -0.3 is 9.47 Å². The molecule has 2 saturated carbocycles. The molecule has 0 bridgehead atoms. The fourth-order valence-electron chi connectivity index (χ4n) is 3.76. The highest BCUT2D eigenvalue weighted by Gasteiger charge is 2.40. The Bertz CT molecular complexity index is 435. The SMILES string of the molecule is Cn1c(C2CC2)nnc1N1CCC2CCCC21. The molecule has 2 atom stereocenters. The molecule has 4 nitrogen and oxygen atoms in total. The lowest BCUT2D eigenvalue weighted by atomic mass is 10.1. The summed E-state index contributed by atoms with van der Waals surface area (Å²) in [5.41, 5.74) is 0. The van der Waals surface area contributed by atoms with Gasteiger partial charge in [0.15, 0.2) is 0 Å². The zero-order valence-electron chi connectivity index (χ0n) is 10.5. The summed E-state index contributed by atoms with van der Waals surface area (Å²) in [7, 11) is 2.14. The molecule has 3 fully saturated rings. The smallest absolute Gasteiger partial charge is 0.227 e. The van der Waals surface area contributed by atoms with E-state index in [0.29, 0.717) is 5.92 Å². The van der Waals surface area contributed by atoms with Crippen molar-refractivity contribution in [1.29, 1.82) is 0 Å². The van der Waals surface area contributed by atoms with Crippen molar-refractivity contribution in [3.05, 3.63) is 5.82 Å². The van der Waals surface area contributed by atoms with Crippen molar-refractivity contribution in [2.75, 3.05) is 11.4 Å². The lowest BCUT2D eigenvalue weighted by Crippen LogP contribution is -2.32. The van der Waals surface area contributed by atoms with Crippen LogP contribution >= 0.6 is 0 Å². The van der Waals surface area contributed by atoms with Crippen molar-refractivity contribution in [2.24, 2.45) is 13.0 Å². The van der Waals surface area contributed by atoms with Crippen LogP contribution in [0.3, 0.4) is 0 Å². The zero-order chi connectivity index (χ0) is 11.4. The fraction of sp³-hybridized carbons (Fsp3) is 0.846. The quantitative estimate of drug-likeness (QED) is 0.783. The highest BCUT2D eigenvalue weighted by atomic mass is 15.4. The van der Waals surface area contributed by atoms with Gasteiger partial charge in [-0.2, -0.15) is 0 Å². The zero-order valence-corrected chi connectivity index (χ0v) is 10.5. The first kappa shape index (κ1) is 9.92. The third kappa shape index (κ3) is 1.42. The Kier molecular flexibility index (Phi) is 2.02. The van der Waals surface area contributed by atoms with Gasteiger partial charge in [0.25, 0.3) is 0 Å². The van der Waals surface area contributed by atoms with Crippen LogP contribution in [0.1, 0.15) is 50.3 Å². The summed E-state index contributed by atoms with van der Waals surface area (Å²) < 4.78 is 2.25. The highest BCUT2D eigenvalue weighted by Crippen LogP contribution is 2.42. The molecule has 0 N–H and O–H groups in total. The van der Waals surface area contributed by atoms with E-state index in [9.17, 15) is 0 Å². The third-order valence-electron chi connectivity index (χ3n) is 4.85. The Morgan fingerprint density at radius 1 is 1.06 bits per heavy atom. The highest BCUT2D eigenvalue weighted by molar-refractivity contribution is 5.36. The van der Waals surface area contributed by atoms with Crippen LogP contribution in [-0.2, 0) is 7.05 Å². The Morgan fingerprint density at radius 2 is 1.94 bits per heavy atom. The lowest BCUT2D eigenvalue weighted by molar-refractivity contribution is 0.536. The summed E-state index contributed by atoms with van der Waals surface area (Å²) in [6, 6.07) is 0.755. The molecule has 0 aromatic carbocycles. The van der Waals surface area contributed by atoms with Crippen LogP contribution in [-0.4, -0.2) is 27.4 Å². The maximum atomic E-state index is 4.46. The van der Waals surface area contributed by atoms with Crippen molar-refractivity contribution in [1.82, 2.24) is 14.8 Å². The average molecular weight is 232 g/mol. The Morgan fingerprint density at radius 3 is 2.76 bits per heavy atom. The van der Waals surface area contributed by atoms with E-state index in [2.05, 4.69) is 26.7 Å². The third-order valence-corrected chi connectivity index (χ3v) is 4.85. The number of hydrogen-bond donors (Lipinski definition) is 0.